The van der Waals surface area contributed by atoms with Crippen molar-refractivity contribution in [2.45, 2.75) is 6.92 Å². The van der Waals surface area contributed by atoms with Crippen molar-refractivity contribution in [1.82, 2.24) is 19.6 Å². The highest BCUT2D eigenvalue weighted by atomic mass is 16.5. The van der Waals surface area contributed by atoms with Crippen LogP contribution in [-0.4, -0.2) is 45.9 Å². The molecule has 0 aliphatic carbocycles. The summed E-state index contributed by atoms with van der Waals surface area (Å²) in [6.45, 7) is 5.16. The fourth-order valence-corrected chi connectivity index (χ4v) is 1.90. The first kappa shape index (κ1) is 9.53. The summed E-state index contributed by atoms with van der Waals surface area (Å²) in [6.07, 6.45) is 1.56. The number of rotatable bonds is 1. The highest BCUT2D eigenvalue weighted by Gasteiger charge is 2.16. The van der Waals surface area contributed by atoms with Crippen LogP contribution < -0.4 is 4.90 Å². The minimum Gasteiger partial charge on any atom is -0.378 e. The van der Waals surface area contributed by atoms with E-state index in [2.05, 4.69) is 20.0 Å². The summed E-state index contributed by atoms with van der Waals surface area (Å²) in [4.78, 5) is 10.9. The number of fused-ring (bicyclic) bond motifs is 1. The van der Waals surface area contributed by atoms with Crippen LogP contribution in [0.1, 0.15) is 5.69 Å². The topological polar surface area (TPSA) is 55.5 Å². The van der Waals surface area contributed by atoms with E-state index < -0.39 is 0 Å². The van der Waals surface area contributed by atoms with Crippen molar-refractivity contribution in [1.29, 1.82) is 0 Å². The second kappa shape index (κ2) is 3.71. The smallest absolute Gasteiger partial charge is 0.228 e. The molecule has 2 aromatic heterocycles. The lowest BCUT2D eigenvalue weighted by molar-refractivity contribution is 0.122. The van der Waals surface area contributed by atoms with E-state index in [1.807, 2.05) is 13.0 Å². The molecule has 0 saturated carbocycles. The van der Waals surface area contributed by atoms with Crippen molar-refractivity contribution in [2.75, 3.05) is 31.2 Å². The minimum absolute atomic E-state index is 0.742. The number of hydrogen-bond donors (Lipinski definition) is 0. The Balaban J connectivity index is 2.09. The molecule has 0 aromatic carbocycles. The monoisotopic (exact) mass is 219 g/mol. The summed E-state index contributed by atoms with van der Waals surface area (Å²) in [5.41, 5.74) is 1.80. The van der Waals surface area contributed by atoms with Gasteiger partial charge in [0, 0.05) is 24.8 Å². The van der Waals surface area contributed by atoms with E-state index in [0.29, 0.717) is 0 Å². The molecule has 2 aromatic rings. The van der Waals surface area contributed by atoms with Gasteiger partial charge in [-0.1, -0.05) is 0 Å². The molecule has 0 bridgehead atoms. The third kappa shape index (κ3) is 1.51. The quantitative estimate of drug-likeness (QED) is 0.689. The molecular weight excluding hydrogens is 206 g/mol. The lowest BCUT2D eigenvalue weighted by atomic mass is 10.4. The lowest BCUT2D eigenvalue weighted by Gasteiger charge is -2.27. The Hall–Kier alpha value is -1.69. The molecule has 1 fully saturated rings. The Morgan fingerprint density at radius 2 is 2.12 bits per heavy atom. The van der Waals surface area contributed by atoms with E-state index in [4.69, 9.17) is 4.74 Å². The van der Waals surface area contributed by atoms with Gasteiger partial charge in [0.25, 0.3) is 0 Å². The van der Waals surface area contributed by atoms with Gasteiger partial charge >= 0.3 is 0 Å². The van der Waals surface area contributed by atoms with Gasteiger partial charge in [-0.15, -0.1) is 0 Å². The number of aromatic nitrogens is 4. The van der Waals surface area contributed by atoms with Crippen LogP contribution >= 0.6 is 0 Å². The number of hydrogen-bond acceptors (Lipinski definition) is 5. The molecule has 1 saturated heterocycles. The van der Waals surface area contributed by atoms with Crippen molar-refractivity contribution in [3.05, 3.63) is 18.1 Å². The van der Waals surface area contributed by atoms with Gasteiger partial charge in [-0.3, -0.25) is 0 Å². The third-order valence-corrected chi connectivity index (χ3v) is 2.67. The van der Waals surface area contributed by atoms with Crippen molar-refractivity contribution < 1.29 is 4.74 Å². The van der Waals surface area contributed by atoms with Crippen LogP contribution in [0, 0.1) is 6.92 Å². The van der Waals surface area contributed by atoms with Crippen LogP contribution in [-0.2, 0) is 4.74 Å². The van der Waals surface area contributed by atoms with Crippen molar-refractivity contribution in [3.63, 3.8) is 0 Å². The average Bonchev–Trinajstić information content (AvgIpc) is 2.77. The normalized spacial score (nSPS) is 16.9. The van der Waals surface area contributed by atoms with Crippen LogP contribution in [0.25, 0.3) is 5.65 Å². The van der Waals surface area contributed by atoms with E-state index in [9.17, 15) is 0 Å². The van der Waals surface area contributed by atoms with Crippen LogP contribution in [0.4, 0.5) is 5.95 Å². The van der Waals surface area contributed by atoms with E-state index in [-0.39, 0.29) is 0 Å². The molecule has 0 radical (unpaired) electrons. The molecule has 0 atom stereocenters. The first-order valence-electron chi connectivity index (χ1n) is 5.35. The van der Waals surface area contributed by atoms with Gasteiger partial charge in [0.1, 0.15) is 6.33 Å². The zero-order valence-corrected chi connectivity index (χ0v) is 9.13. The van der Waals surface area contributed by atoms with Gasteiger partial charge < -0.3 is 9.64 Å². The van der Waals surface area contributed by atoms with E-state index >= 15 is 0 Å². The predicted octanol–water partition coefficient (Wildman–Crippen LogP) is 0.269. The van der Waals surface area contributed by atoms with Gasteiger partial charge in [0.15, 0.2) is 5.65 Å². The summed E-state index contributed by atoms with van der Waals surface area (Å²) in [6, 6.07) is 1.93. The average molecular weight is 219 g/mol. The molecule has 0 N–H and O–H groups in total. The second-order valence-electron chi connectivity index (χ2n) is 3.83. The largest absolute Gasteiger partial charge is 0.378 e. The Morgan fingerprint density at radius 3 is 2.94 bits per heavy atom. The Kier molecular flexibility index (Phi) is 2.21. The molecule has 6 nitrogen and oxygen atoms in total. The first-order valence-corrected chi connectivity index (χ1v) is 5.35. The summed E-state index contributed by atoms with van der Waals surface area (Å²) in [7, 11) is 0. The molecule has 84 valence electrons. The summed E-state index contributed by atoms with van der Waals surface area (Å²) < 4.78 is 7.11. The lowest BCUT2D eigenvalue weighted by Crippen LogP contribution is -2.38. The van der Waals surface area contributed by atoms with Crippen molar-refractivity contribution >= 4 is 11.6 Å². The number of morpholine rings is 1. The van der Waals surface area contributed by atoms with E-state index in [0.717, 1.165) is 43.6 Å². The first-order chi connectivity index (χ1) is 7.84. The third-order valence-electron chi connectivity index (χ3n) is 2.67. The Bertz CT molecular complexity index is 503. The zero-order chi connectivity index (χ0) is 11.0. The standard InChI is InChI=1S/C10H13N5O/c1-8-6-9-11-7-12-15(9)10(13-8)14-2-4-16-5-3-14/h6-7H,2-5H2,1H3. The van der Waals surface area contributed by atoms with Gasteiger partial charge in [0.05, 0.1) is 13.2 Å². The van der Waals surface area contributed by atoms with Crippen LogP contribution in [0.5, 0.6) is 0 Å². The van der Waals surface area contributed by atoms with Gasteiger partial charge in [0.2, 0.25) is 5.95 Å². The predicted molar refractivity (Wildman–Crippen MR) is 58.6 cm³/mol. The van der Waals surface area contributed by atoms with Gasteiger partial charge in [-0.2, -0.15) is 9.61 Å². The highest BCUT2D eigenvalue weighted by Crippen LogP contribution is 2.14. The Morgan fingerprint density at radius 1 is 1.31 bits per heavy atom. The second-order valence-corrected chi connectivity index (χ2v) is 3.83. The van der Waals surface area contributed by atoms with E-state index in [1.54, 1.807) is 10.8 Å². The maximum absolute atomic E-state index is 5.33. The number of nitrogens with zero attached hydrogens (tertiary/aromatic N) is 5. The number of ether oxygens (including phenoxy) is 1. The maximum atomic E-state index is 5.33. The molecule has 0 unspecified atom stereocenters. The maximum Gasteiger partial charge on any atom is 0.228 e. The zero-order valence-electron chi connectivity index (χ0n) is 9.13. The van der Waals surface area contributed by atoms with E-state index in [1.165, 1.54) is 0 Å². The molecule has 1 aliphatic rings. The number of aryl methyl sites for hydroxylation is 1. The van der Waals surface area contributed by atoms with Crippen LogP contribution in [0.2, 0.25) is 0 Å². The SMILES string of the molecule is Cc1cc2ncnn2c(N2CCOCC2)n1. The van der Waals surface area contributed by atoms with Gasteiger partial charge in [-0.05, 0) is 6.92 Å². The molecular formula is C10H13N5O. The number of anilines is 1. The molecule has 3 rings (SSSR count). The summed E-state index contributed by atoms with van der Waals surface area (Å²) in [5.74, 6) is 0.857. The van der Waals surface area contributed by atoms with Crippen molar-refractivity contribution in [3.8, 4) is 0 Å². The highest BCUT2D eigenvalue weighted by molar-refractivity contribution is 5.46. The molecule has 0 amide bonds. The molecule has 6 heteroatoms. The van der Waals surface area contributed by atoms with Crippen molar-refractivity contribution in [2.24, 2.45) is 0 Å². The summed E-state index contributed by atoms with van der Waals surface area (Å²) >= 11 is 0. The molecule has 1 aliphatic heterocycles. The molecule has 16 heavy (non-hydrogen) atoms. The minimum atomic E-state index is 0.742. The fourth-order valence-electron chi connectivity index (χ4n) is 1.90. The van der Waals surface area contributed by atoms with Crippen LogP contribution in [0.15, 0.2) is 12.4 Å². The van der Waals surface area contributed by atoms with Gasteiger partial charge in [-0.25, -0.2) is 9.97 Å². The van der Waals surface area contributed by atoms with Crippen LogP contribution in [0.3, 0.4) is 0 Å². The molecule has 0 spiro atoms. The molecule has 3 heterocycles. The summed E-state index contributed by atoms with van der Waals surface area (Å²) in [5, 5.41) is 4.20. The fraction of sp³-hybridized carbons (Fsp3) is 0.500. The Labute approximate surface area is 92.9 Å².